The zero-order valence-corrected chi connectivity index (χ0v) is 13.3. The Balaban J connectivity index is 2.10. The smallest absolute Gasteiger partial charge is 0.323 e. The van der Waals surface area contributed by atoms with Crippen LogP contribution in [0.25, 0.3) is 0 Å². The highest BCUT2D eigenvalue weighted by Gasteiger charge is 2.09. The lowest BCUT2D eigenvalue weighted by molar-refractivity contribution is 0.262. The minimum atomic E-state index is -0.384. The molecular weight excluding hydrogens is 304 g/mol. The standard InChI is InChI=1S/C16H17ClN2O3/c1-10-4-6-15(22-3)13(8-10)19-16(20)18-11-5-7-14(21-2)12(17)9-11/h4-9H,1-3H3,(H2,18,19,20). The Hall–Kier alpha value is -2.40. The molecule has 0 bridgehead atoms. The fourth-order valence-electron chi connectivity index (χ4n) is 1.95. The number of anilines is 2. The van der Waals surface area contributed by atoms with Gasteiger partial charge in [0.05, 0.1) is 24.9 Å². The van der Waals surface area contributed by atoms with Crippen molar-refractivity contribution in [3.63, 3.8) is 0 Å². The Bertz CT molecular complexity index is 689. The molecule has 2 aromatic carbocycles. The molecule has 22 heavy (non-hydrogen) atoms. The number of carbonyl (C=O) groups excluding carboxylic acids is 1. The Kier molecular flexibility index (Phi) is 5.12. The minimum absolute atomic E-state index is 0.384. The number of carbonyl (C=O) groups is 1. The first kappa shape index (κ1) is 16.0. The Morgan fingerprint density at radius 3 is 2.32 bits per heavy atom. The van der Waals surface area contributed by atoms with E-state index >= 15 is 0 Å². The van der Waals surface area contributed by atoms with Crippen molar-refractivity contribution in [3.8, 4) is 11.5 Å². The van der Waals surface area contributed by atoms with Crippen molar-refractivity contribution in [1.29, 1.82) is 0 Å². The minimum Gasteiger partial charge on any atom is -0.495 e. The fraction of sp³-hybridized carbons (Fsp3) is 0.188. The highest BCUT2D eigenvalue weighted by molar-refractivity contribution is 6.32. The second-order valence-corrected chi connectivity index (χ2v) is 5.04. The molecule has 0 atom stereocenters. The van der Waals surface area contributed by atoms with Crippen LogP contribution < -0.4 is 20.1 Å². The highest BCUT2D eigenvalue weighted by atomic mass is 35.5. The molecule has 2 N–H and O–H groups in total. The van der Waals surface area contributed by atoms with Gasteiger partial charge in [-0.2, -0.15) is 0 Å². The molecule has 0 heterocycles. The summed E-state index contributed by atoms with van der Waals surface area (Å²) in [6.45, 7) is 1.94. The van der Waals surface area contributed by atoms with Gasteiger partial charge in [-0.25, -0.2) is 4.79 Å². The molecule has 6 heteroatoms. The molecule has 0 radical (unpaired) electrons. The third-order valence-electron chi connectivity index (χ3n) is 3.01. The molecule has 0 saturated heterocycles. The number of hydrogen-bond donors (Lipinski definition) is 2. The van der Waals surface area contributed by atoms with Crippen LogP contribution in [0.3, 0.4) is 0 Å². The lowest BCUT2D eigenvalue weighted by Crippen LogP contribution is -2.19. The molecule has 0 aliphatic carbocycles. The molecule has 0 aromatic heterocycles. The summed E-state index contributed by atoms with van der Waals surface area (Å²) in [6.07, 6.45) is 0. The maximum absolute atomic E-state index is 12.1. The normalized spacial score (nSPS) is 10.0. The number of hydrogen-bond acceptors (Lipinski definition) is 3. The second-order valence-electron chi connectivity index (χ2n) is 4.63. The average Bonchev–Trinajstić information content (AvgIpc) is 2.47. The predicted molar refractivity (Wildman–Crippen MR) is 88.4 cm³/mol. The summed E-state index contributed by atoms with van der Waals surface area (Å²) in [5.74, 6) is 1.14. The van der Waals surface area contributed by atoms with E-state index in [1.54, 1.807) is 31.4 Å². The summed E-state index contributed by atoms with van der Waals surface area (Å²) >= 11 is 6.02. The number of benzene rings is 2. The molecule has 0 spiro atoms. The average molecular weight is 321 g/mol. The third-order valence-corrected chi connectivity index (χ3v) is 3.31. The molecule has 0 aliphatic heterocycles. The number of halogens is 1. The van der Waals surface area contributed by atoms with E-state index in [9.17, 15) is 4.79 Å². The Morgan fingerprint density at radius 2 is 1.68 bits per heavy atom. The largest absolute Gasteiger partial charge is 0.495 e. The van der Waals surface area contributed by atoms with E-state index in [-0.39, 0.29) is 6.03 Å². The summed E-state index contributed by atoms with van der Waals surface area (Å²) < 4.78 is 10.3. The number of urea groups is 1. The van der Waals surface area contributed by atoms with E-state index < -0.39 is 0 Å². The monoisotopic (exact) mass is 320 g/mol. The van der Waals surface area contributed by atoms with E-state index in [4.69, 9.17) is 21.1 Å². The number of ether oxygens (including phenoxy) is 2. The van der Waals surface area contributed by atoms with Gasteiger partial charge in [0.2, 0.25) is 0 Å². The van der Waals surface area contributed by atoms with Crippen molar-refractivity contribution < 1.29 is 14.3 Å². The number of methoxy groups -OCH3 is 2. The molecule has 116 valence electrons. The lowest BCUT2D eigenvalue weighted by atomic mass is 10.2. The van der Waals surface area contributed by atoms with E-state index in [0.29, 0.717) is 27.9 Å². The zero-order valence-electron chi connectivity index (χ0n) is 12.6. The second kappa shape index (κ2) is 7.04. The van der Waals surface area contributed by atoms with E-state index in [0.717, 1.165) is 5.56 Å². The molecule has 0 saturated carbocycles. The molecule has 0 aliphatic rings. The van der Waals surface area contributed by atoms with Gasteiger partial charge < -0.3 is 20.1 Å². The maximum Gasteiger partial charge on any atom is 0.323 e. The Labute approximate surface area is 134 Å². The van der Waals surface area contributed by atoms with Gasteiger partial charge >= 0.3 is 6.03 Å². The summed E-state index contributed by atoms with van der Waals surface area (Å²) in [7, 11) is 3.09. The lowest BCUT2D eigenvalue weighted by Gasteiger charge is -2.12. The van der Waals surface area contributed by atoms with Gasteiger partial charge in [0.25, 0.3) is 0 Å². The summed E-state index contributed by atoms with van der Waals surface area (Å²) in [5.41, 5.74) is 2.18. The summed E-state index contributed by atoms with van der Waals surface area (Å²) in [5, 5.41) is 5.88. The maximum atomic E-state index is 12.1. The number of nitrogens with one attached hydrogen (secondary N) is 2. The predicted octanol–water partition coefficient (Wildman–Crippen LogP) is 4.31. The number of aryl methyl sites for hydroxylation is 1. The third kappa shape index (κ3) is 3.83. The van der Waals surface area contributed by atoms with Crippen molar-refractivity contribution in [2.45, 2.75) is 6.92 Å². The quantitative estimate of drug-likeness (QED) is 0.882. The topological polar surface area (TPSA) is 59.6 Å². The van der Waals surface area contributed by atoms with Crippen LogP contribution >= 0.6 is 11.6 Å². The van der Waals surface area contributed by atoms with Gasteiger partial charge in [-0.1, -0.05) is 17.7 Å². The van der Waals surface area contributed by atoms with Crippen LogP contribution in [-0.4, -0.2) is 20.3 Å². The van der Waals surface area contributed by atoms with Gasteiger partial charge in [-0.05, 0) is 42.8 Å². The fourth-order valence-corrected chi connectivity index (χ4v) is 2.21. The molecule has 0 fully saturated rings. The molecular formula is C16H17ClN2O3. The zero-order chi connectivity index (χ0) is 16.1. The van der Waals surface area contributed by atoms with Crippen LogP contribution in [0.2, 0.25) is 5.02 Å². The van der Waals surface area contributed by atoms with Crippen LogP contribution in [0.1, 0.15) is 5.56 Å². The van der Waals surface area contributed by atoms with Crippen molar-refractivity contribution in [2.75, 3.05) is 24.9 Å². The van der Waals surface area contributed by atoms with Crippen LogP contribution in [0.5, 0.6) is 11.5 Å². The first-order chi connectivity index (χ1) is 10.5. The van der Waals surface area contributed by atoms with E-state index in [1.165, 1.54) is 7.11 Å². The van der Waals surface area contributed by atoms with Gasteiger partial charge in [0.15, 0.2) is 0 Å². The SMILES string of the molecule is COc1ccc(NC(=O)Nc2cc(C)ccc2OC)cc1Cl. The van der Waals surface area contributed by atoms with Crippen molar-refractivity contribution in [1.82, 2.24) is 0 Å². The number of amides is 2. The van der Waals surface area contributed by atoms with Crippen molar-refractivity contribution >= 4 is 29.0 Å². The van der Waals surface area contributed by atoms with Crippen molar-refractivity contribution in [3.05, 3.63) is 47.0 Å². The molecule has 5 nitrogen and oxygen atoms in total. The van der Waals surface area contributed by atoms with Crippen LogP contribution in [0.15, 0.2) is 36.4 Å². The van der Waals surface area contributed by atoms with Gasteiger partial charge in [-0.15, -0.1) is 0 Å². The van der Waals surface area contributed by atoms with Crippen LogP contribution in [0, 0.1) is 6.92 Å². The van der Waals surface area contributed by atoms with E-state index in [2.05, 4.69) is 10.6 Å². The molecule has 0 unspecified atom stereocenters. The van der Waals surface area contributed by atoms with Gasteiger partial charge in [0.1, 0.15) is 11.5 Å². The first-order valence-corrected chi connectivity index (χ1v) is 6.97. The number of rotatable bonds is 4. The van der Waals surface area contributed by atoms with Gasteiger partial charge in [0, 0.05) is 5.69 Å². The van der Waals surface area contributed by atoms with Crippen LogP contribution in [-0.2, 0) is 0 Å². The first-order valence-electron chi connectivity index (χ1n) is 6.59. The van der Waals surface area contributed by atoms with Crippen molar-refractivity contribution in [2.24, 2.45) is 0 Å². The molecule has 2 aromatic rings. The summed E-state index contributed by atoms with van der Waals surface area (Å²) in [6, 6.07) is 10.2. The summed E-state index contributed by atoms with van der Waals surface area (Å²) in [4.78, 5) is 12.1. The molecule has 2 rings (SSSR count). The molecule has 2 amide bonds. The van der Waals surface area contributed by atoms with Crippen LogP contribution in [0.4, 0.5) is 16.2 Å². The van der Waals surface area contributed by atoms with Gasteiger partial charge in [-0.3, -0.25) is 0 Å². The highest BCUT2D eigenvalue weighted by Crippen LogP contribution is 2.28. The van der Waals surface area contributed by atoms with E-state index in [1.807, 2.05) is 19.1 Å². The Morgan fingerprint density at radius 1 is 1.00 bits per heavy atom.